The van der Waals surface area contributed by atoms with Gasteiger partial charge in [-0.05, 0) is 32.3 Å². The molecule has 2 nitrogen and oxygen atoms in total. The van der Waals surface area contributed by atoms with Crippen molar-refractivity contribution in [3.8, 4) is 0 Å². The molecule has 0 spiro atoms. The highest BCUT2D eigenvalue weighted by molar-refractivity contribution is 5.32. The monoisotopic (exact) mass is 209 g/mol. The Morgan fingerprint density at radius 1 is 1.47 bits per heavy atom. The number of hydrogen-bond acceptors (Lipinski definition) is 2. The zero-order valence-corrected chi connectivity index (χ0v) is 10.5. The van der Waals surface area contributed by atoms with E-state index in [9.17, 15) is 0 Å². The van der Waals surface area contributed by atoms with Gasteiger partial charge in [-0.15, -0.1) is 0 Å². The van der Waals surface area contributed by atoms with Crippen LogP contribution in [0.15, 0.2) is 23.1 Å². The Labute approximate surface area is 93.6 Å². The molecule has 0 aromatic heterocycles. The molecule has 0 atom stereocenters. The highest BCUT2D eigenvalue weighted by Crippen LogP contribution is 2.26. The highest BCUT2D eigenvalue weighted by Gasteiger charge is 2.19. The van der Waals surface area contributed by atoms with Crippen molar-refractivity contribution in [2.45, 2.75) is 40.5 Å². The SMILES string of the molecule is C/C=C(\CC)C1=C(C)OCCN1CCC. The average Bonchev–Trinajstić information content (AvgIpc) is 2.24. The number of ether oxygens (including phenoxy) is 1. The summed E-state index contributed by atoms with van der Waals surface area (Å²) in [6, 6.07) is 0. The molecular weight excluding hydrogens is 186 g/mol. The molecule has 0 radical (unpaired) electrons. The predicted molar refractivity (Wildman–Crippen MR) is 64.6 cm³/mol. The summed E-state index contributed by atoms with van der Waals surface area (Å²) in [5.74, 6) is 1.09. The van der Waals surface area contributed by atoms with Gasteiger partial charge in [-0.2, -0.15) is 0 Å². The van der Waals surface area contributed by atoms with E-state index in [0.29, 0.717) is 0 Å². The van der Waals surface area contributed by atoms with Crippen molar-refractivity contribution in [3.63, 3.8) is 0 Å². The second-order valence-electron chi connectivity index (χ2n) is 3.91. The largest absolute Gasteiger partial charge is 0.494 e. The van der Waals surface area contributed by atoms with Crippen LogP contribution < -0.4 is 0 Å². The summed E-state index contributed by atoms with van der Waals surface area (Å²) in [6.07, 6.45) is 4.47. The molecule has 0 bridgehead atoms. The van der Waals surface area contributed by atoms with E-state index in [1.54, 1.807) is 0 Å². The number of hydrogen-bond donors (Lipinski definition) is 0. The Hall–Kier alpha value is -0.920. The van der Waals surface area contributed by atoms with Gasteiger partial charge in [0.15, 0.2) is 0 Å². The van der Waals surface area contributed by atoms with Gasteiger partial charge in [-0.1, -0.05) is 19.9 Å². The maximum absolute atomic E-state index is 5.65. The van der Waals surface area contributed by atoms with Crippen molar-refractivity contribution in [1.29, 1.82) is 0 Å². The van der Waals surface area contributed by atoms with E-state index in [4.69, 9.17) is 4.74 Å². The molecule has 1 aliphatic rings. The van der Waals surface area contributed by atoms with Gasteiger partial charge in [0.25, 0.3) is 0 Å². The second-order valence-corrected chi connectivity index (χ2v) is 3.91. The van der Waals surface area contributed by atoms with Gasteiger partial charge in [0.05, 0.1) is 12.2 Å². The fourth-order valence-electron chi connectivity index (χ4n) is 2.14. The van der Waals surface area contributed by atoms with Crippen molar-refractivity contribution >= 4 is 0 Å². The lowest BCUT2D eigenvalue weighted by Gasteiger charge is -2.34. The van der Waals surface area contributed by atoms with Crippen LogP contribution in [-0.4, -0.2) is 24.6 Å². The smallest absolute Gasteiger partial charge is 0.116 e. The van der Waals surface area contributed by atoms with E-state index in [1.807, 2.05) is 0 Å². The van der Waals surface area contributed by atoms with E-state index in [0.717, 1.165) is 31.9 Å². The molecular formula is C13H23NO. The molecule has 0 fully saturated rings. The third-order valence-electron chi connectivity index (χ3n) is 2.86. The molecule has 0 saturated carbocycles. The molecule has 15 heavy (non-hydrogen) atoms. The van der Waals surface area contributed by atoms with Gasteiger partial charge in [-0.25, -0.2) is 0 Å². The Balaban J connectivity index is 2.94. The molecule has 2 heteroatoms. The Morgan fingerprint density at radius 3 is 2.73 bits per heavy atom. The number of rotatable bonds is 4. The zero-order chi connectivity index (χ0) is 11.3. The first kappa shape index (κ1) is 12.2. The van der Waals surface area contributed by atoms with Crippen LogP contribution in [0.4, 0.5) is 0 Å². The van der Waals surface area contributed by atoms with Crippen molar-refractivity contribution in [2.24, 2.45) is 0 Å². The standard InChI is InChI=1S/C13H23NO/c1-5-8-14-9-10-15-11(4)13(14)12(6-2)7-3/h6H,5,7-10H2,1-4H3/b12-6+. The minimum Gasteiger partial charge on any atom is -0.494 e. The van der Waals surface area contributed by atoms with Gasteiger partial charge in [0.1, 0.15) is 12.4 Å². The van der Waals surface area contributed by atoms with Gasteiger partial charge < -0.3 is 9.64 Å². The molecule has 1 rings (SSSR count). The minimum absolute atomic E-state index is 0.829. The van der Waals surface area contributed by atoms with E-state index in [2.05, 4.69) is 38.7 Å². The molecule has 0 saturated heterocycles. The minimum atomic E-state index is 0.829. The van der Waals surface area contributed by atoms with Crippen molar-refractivity contribution in [3.05, 3.63) is 23.1 Å². The van der Waals surface area contributed by atoms with Gasteiger partial charge in [0.2, 0.25) is 0 Å². The van der Waals surface area contributed by atoms with Crippen molar-refractivity contribution in [1.82, 2.24) is 4.90 Å². The van der Waals surface area contributed by atoms with E-state index in [1.165, 1.54) is 17.7 Å². The molecule has 1 heterocycles. The number of allylic oxidation sites excluding steroid dienone is 3. The average molecular weight is 209 g/mol. The predicted octanol–water partition coefficient (Wildman–Crippen LogP) is 3.32. The molecule has 86 valence electrons. The van der Waals surface area contributed by atoms with E-state index in [-0.39, 0.29) is 0 Å². The summed E-state index contributed by atoms with van der Waals surface area (Å²) < 4.78 is 5.65. The summed E-state index contributed by atoms with van der Waals surface area (Å²) in [6.45, 7) is 11.6. The van der Waals surface area contributed by atoms with Gasteiger partial charge in [-0.3, -0.25) is 0 Å². The summed E-state index contributed by atoms with van der Waals surface area (Å²) in [4.78, 5) is 2.46. The molecule has 0 unspecified atom stereocenters. The maximum atomic E-state index is 5.65. The lowest BCUT2D eigenvalue weighted by atomic mass is 10.1. The zero-order valence-electron chi connectivity index (χ0n) is 10.5. The van der Waals surface area contributed by atoms with Gasteiger partial charge >= 0.3 is 0 Å². The molecule has 0 aromatic rings. The van der Waals surface area contributed by atoms with Crippen LogP contribution in [0.3, 0.4) is 0 Å². The van der Waals surface area contributed by atoms with Crippen LogP contribution in [0, 0.1) is 0 Å². The van der Waals surface area contributed by atoms with Crippen LogP contribution in [0.1, 0.15) is 40.5 Å². The lowest BCUT2D eigenvalue weighted by molar-refractivity contribution is 0.133. The van der Waals surface area contributed by atoms with Crippen molar-refractivity contribution in [2.75, 3.05) is 19.7 Å². The molecule has 0 aromatic carbocycles. The Morgan fingerprint density at radius 2 is 2.20 bits per heavy atom. The van der Waals surface area contributed by atoms with Crippen LogP contribution in [0.25, 0.3) is 0 Å². The first-order valence-corrected chi connectivity index (χ1v) is 5.98. The van der Waals surface area contributed by atoms with Crippen LogP contribution in [0.2, 0.25) is 0 Å². The van der Waals surface area contributed by atoms with Crippen molar-refractivity contribution < 1.29 is 4.74 Å². The highest BCUT2D eigenvalue weighted by atomic mass is 16.5. The summed E-state index contributed by atoms with van der Waals surface area (Å²) in [5.41, 5.74) is 2.73. The molecule has 1 aliphatic heterocycles. The Bertz CT molecular complexity index is 266. The van der Waals surface area contributed by atoms with E-state index < -0.39 is 0 Å². The summed E-state index contributed by atoms with van der Waals surface area (Å²) >= 11 is 0. The summed E-state index contributed by atoms with van der Waals surface area (Å²) in [7, 11) is 0. The fourth-order valence-corrected chi connectivity index (χ4v) is 2.14. The quantitative estimate of drug-likeness (QED) is 0.704. The lowest BCUT2D eigenvalue weighted by Crippen LogP contribution is -2.33. The normalized spacial score (nSPS) is 18.1. The fraction of sp³-hybridized carbons (Fsp3) is 0.692. The van der Waals surface area contributed by atoms with Crippen LogP contribution >= 0.6 is 0 Å². The van der Waals surface area contributed by atoms with Crippen LogP contribution in [0.5, 0.6) is 0 Å². The second kappa shape index (κ2) is 5.84. The van der Waals surface area contributed by atoms with Gasteiger partial charge in [0, 0.05) is 6.54 Å². The first-order chi connectivity index (χ1) is 7.24. The van der Waals surface area contributed by atoms with Crippen LogP contribution in [-0.2, 0) is 4.74 Å². The third-order valence-corrected chi connectivity index (χ3v) is 2.86. The summed E-state index contributed by atoms with van der Waals surface area (Å²) in [5, 5.41) is 0. The third kappa shape index (κ3) is 2.77. The maximum Gasteiger partial charge on any atom is 0.116 e. The van der Waals surface area contributed by atoms with E-state index >= 15 is 0 Å². The molecule has 0 N–H and O–H groups in total. The molecule has 0 amide bonds. The topological polar surface area (TPSA) is 12.5 Å². The Kier molecular flexibility index (Phi) is 4.73. The first-order valence-electron chi connectivity index (χ1n) is 5.98. The number of nitrogens with zero attached hydrogens (tertiary/aromatic N) is 1. The molecule has 0 aliphatic carbocycles.